The van der Waals surface area contributed by atoms with E-state index in [0.717, 1.165) is 22.3 Å². The molecule has 1 aromatic heterocycles. The largest absolute Gasteiger partial charge is 0.439 e. The highest BCUT2D eigenvalue weighted by atomic mass is 16.6. The van der Waals surface area contributed by atoms with Gasteiger partial charge in [0.05, 0.1) is 6.54 Å². The molecular formula is C21H19N3O2. The molecule has 4 rings (SSSR count). The molecule has 0 radical (unpaired) electrons. The SMILES string of the molecule is Nc1ccc(-c2ccc(CN3C[C@@H](c4ccccc4)OC3=O)cc2)cn1. The second kappa shape index (κ2) is 6.88. The second-order valence-corrected chi connectivity index (χ2v) is 6.33. The van der Waals surface area contributed by atoms with Crippen molar-refractivity contribution in [3.05, 3.63) is 84.1 Å². The first-order chi connectivity index (χ1) is 12.7. The molecule has 1 atom stereocenters. The van der Waals surface area contributed by atoms with Crippen LogP contribution in [0, 0.1) is 0 Å². The van der Waals surface area contributed by atoms with E-state index < -0.39 is 0 Å². The normalized spacial score (nSPS) is 16.5. The van der Waals surface area contributed by atoms with E-state index in [1.165, 1.54) is 0 Å². The molecule has 1 aliphatic heterocycles. The monoisotopic (exact) mass is 345 g/mol. The van der Waals surface area contributed by atoms with Crippen LogP contribution in [0.2, 0.25) is 0 Å². The third-order valence-electron chi connectivity index (χ3n) is 4.51. The number of rotatable bonds is 4. The Bertz CT molecular complexity index is 893. The number of carbonyl (C=O) groups excluding carboxylic acids is 1. The van der Waals surface area contributed by atoms with Gasteiger partial charge in [0.2, 0.25) is 0 Å². The average Bonchev–Trinajstić information content (AvgIpc) is 3.04. The van der Waals surface area contributed by atoms with E-state index in [4.69, 9.17) is 10.5 Å². The number of cyclic esters (lactones) is 1. The van der Waals surface area contributed by atoms with Crippen LogP contribution in [-0.4, -0.2) is 22.5 Å². The lowest BCUT2D eigenvalue weighted by molar-refractivity contribution is 0.132. The molecule has 2 heterocycles. The van der Waals surface area contributed by atoms with Crippen molar-refractivity contribution in [1.29, 1.82) is 0 Å². The number of nitrogen functional groups attached to an aromatic ring is 1. The van der Waals surface area contributed by atoms with E-state index >= 15 is 0 Å². The van der Waals surface area contributed by atoms with E-state index in [1.807, 2.05) is 60.7 Å². The molecule has 5 heteroatoms. The van der Waals surface area contributed by atoms with E-state index in [9.17, 15) is 4.79 Å². The summed E-state index contributed by atoms with van der Waals surface area (Å²) in [6.45, 7) is 1.09. The summed E-state index contributed by atoms with van der Waals surface area (Å²) in [5, 5.41) is 0. The van der Waals surface area contributed by atoms with Crippen molar-refractivity contribution >= 4 is 11.9 Å². The van der Waals surface area contributed by atoms with Crippen LogP contribution in [0.25, 0.3) is 11.1 Å². The lowest BCUT2D eigenvalue weighted by Crippen LogP contribution is -2.23. The summed E-state index contributed by atoms with van der Waals surface area (Å²) in [5.41, 5.74) is 9.78. The van der Waals surface area contributed by atoms with Gasteiger partial charge in [-0.25, -0.2) is 9.78 Å². The van der Waals surface area contributed by atoms with Gasteiger partial charge in [-0.2, -0.15) is 0 Å². The Morgan fingerprint density at radius 3 is 2.42 bits per heavy atom. The number of benzene rings is 2. The van der Waals surface area contributed by atoms with E-state index in [2.05, 4.69) is 4.98 Å². The van der Waals surface area contributed by atoms with Gasteiger partial charge in [-0.3, -0.25) is 4.90 Å². The van der Waals surface area contributed by atoms with Gasteiger partial charge in [-0.1, -0.05) is 54.6 Å². The Morgan fingerprint density at radius 2 is 1.73 bits per heavy atom. The molecular weight excluding hydrogens is 326 g/mol. The molecule has 5 nitrogen and oxygen atoms in total. The minimum absolute atomic E-state index is 0.205. The minimum Gasteiger partial charge on any atom is -0.439 e. The molecule has 1 aliphatic rings. The number of ether oxygens (including phenoxy) is 1. The highest BCUT2D eigenvalue weighted by molar-refractivity contribution is 5.70. The summed E-state index contributed by atoms with van der Waals surface area (Å²) in [6.07, 6.45) is 1.28. The van der Waals surface area contributed by atoms with Crippen LogP contribution in [-0.2, 0) is 11.3 Å². The summed E-state index contributed by atoms with van der Waals surface area (Å²) in [6, 6.07) is 21.7. The number of carbonyl (C=O) groups is 1. The van der Waals surface area contributed by atoms with Crippen molar-refractivity contribution in [2.75, 3.05) is 12.3 Å². The fraction of sp³-hybridized carbons (Fsp3) is 0.143. The van der Waals surface area contributed by atoms with Gasteiger partial charge >= 0.3 is 6.09 Å². The Balaban J connectivity index is 1.44. The zero-order valence-electron chi connectivity index (χ0n) is 14.2. The van der Waals surface area contributed by atoms with Gasteiger partial charge < -0.3 is 10.5 Å². The first-order valence-electron chi connectivity index (χ1n) is 8.50. The fourth-order valence-electron chi connectivity index (χ4n) is 3.08. The minimum atomic E-state index is -0.273. The summed E-state index contributed by atoms with van der Waals surface area (Å²) >= 11 is 0. The molecule has 0 bridgehead atoms. The van der Waals surface area contributed by atoms with E-state index in [0.29, 0.717) is 18.9 Å². The lowest BCUT2D eigenvalue weighted by Gasteiger charge is -2.13. The van der Waals surface area contributed by atoms with Crippen LogP contribution >= 0.6 is 0 Å². The number of aromatic nitrogens is 1. The molecule has 0 spiro atoms. The Morgan fingerprint density at radius 1 is 1.00 bits per heavy atom. The van der Waals surface area contributed by atoms with Gasteiger partial charge in [0.15, 0.2) is 0 Å². The summed E-state index contributed by atoms with van der Waals surface area (Å²) in [4.78, 5) is 18.0. The van der Waals surface area contributed by atoms with E-state index in [1.54, 1.807) is 17.2 Å². The van der Waals surface area contributed by atoms with Crippen molar-refractivity contribution in [2.24, 2.45) is 0 Å². The Hall–Kier alpha value is -3.34. The van der Waals surface area contributed by atoms with Crippen LogP contribution in [0.5, 0.6) is 0 Å². The zero-order chi connectivity index (χ0) is 17.9. The third kappa shape index (κ3) is 3.37. The zero-order valence-corrected chi connectivity index (χ0v) is 14.2. The van der Waals surface area contributed by atoms with Gasteiger partial charge in [0, 0.05) is 18.3 Å². The molecule has 130 valence electrons. The second-order valence-electron chi connectivity index (χ2n) is 6.33. The van der Waals surface area contributed by atoms with E-state index in [-0.39, 0.29) is 12.2 Å². The van der Waals surface area contributed by atoms with Crippen LogP contribution in [0.1, 0.15) is 17.2 Å². The van der Waals surface area contributed by atoms with Gasteiger partial charge in [-0.05, 0) is 28.8 Å². The lowest BCUT2D eigenvalue weighted by atomic mass is 10.1. The van der Waals surface area contributed by atoms with Gasteiger partial charge in [-0.15, -0.1) is 0 Å². The maximum atomic E-state index is 12.2. The quantitative estimate of drug-likeness (QED) is 0.775. The molecule has 1 saturated heterocycles. The summed E-state index contributed by atoms with van der Waals surface area (Å²) in [7, 11) is 0. The molecule has 1 amide bonds. The number of hydrogen-bond donors (Lipinski definition) is 1. The number of nitrogens with two attached hydrogens (primary N) is 1. The highest BCUT2D eigenvalue weighted by Gasteiger charge is 2.32. The topological polar surface area (TPSA) is 68.4 Å². The molecule has 0 aliphatic carbocycles. The van der Waals surface area contributed by atoms with Crippen LogP contribution in [0.3, 0.4) is 0 Å². The number of hydrogen-bond acceptors (Lipinski definition) is 4. The maximum Gasteiger partial charge on any atom is 0.410 e. The number of nitrogens with zero attached hydrogens (tertiary/aromatic N) is 2. The summed E-state index contributed by atoms with van der Waals surface area (Å²) < 4.78 is 5.50. The van der Waals surface area contributed by atoms with Crippen molar-refractivity contribution < 1.29 is 9.53 Å². The first kappa shape index (κ1) is 16.1. The van der Waals surface area contributed by atoms with Gasteiger partial charge in [0.1, 0.15) is 11.9 Å². The van der Waals surface area contributed by atoms with Crippen molar-refractivity contribution in [1.82, 2.24) is 9.88 Å². The molecule has 3 aromatic rings. The Kier molecular flexibility index (Phi) is 4.27. The highest BCUT2D eigenvalue weighted by Crippen LogP contribution is 2.27. The number of anilines is 1. The van der Waals surface area contributed by atoms with Gasteiger partial charge in [0.25, 0.3) is 0 Å². The van der Waals surface area contributed by atoms with Crippen LogP contribution in [0.4, 0.5) is 10.6 Å². The van der Waals surface area contributed by atoms with Crippen molar-refractivity contribution in [2.45, 2.75) is 12.6 Å². The summed E-state index contributed by atoms with van der Waals surface area (Å²) in [5.74, 6) is 0.505. The molecule has 2 N–H and O–H groups in total. The molecule has 1 fully saturated rings. The van der Waals surface area contributed by atoms with Crippen molar-refractivity contribution in [3.8, 4) is 11.1 Å². The molecule has 0 saturated carbocycles. The molecule has 26 heavy (non-hydrogen) atoms. The predicted octanol–water partition coefficient (Wildman–Crippen LogP) is 4.02. The Labute approximate surface area is 152 Å². The maximum absolute atomic E-state index is 12.2. The third-order valence-corrected chi connectivity index (χ3v) is 4.51. The standard InChI is InChI=1S/C21H19N3O2/c22-20-11-10-18(12-23-20)16-8-6-15(7-9-16)13-24-14-19(26-21(24)25)17-4-2-1-3-5-17/h1-12,19H,13-14H2,(H2,22,23)/t19-/m0/s1. The predicted molar refractivity (Wildman–Crippen MR) is 100 cm³/mol. The fourth-order valence-corrected chi connectivity index (χ4v) is 3.08. The molecule has 0 unspecified atom stereocenters. The average molecular weight is 345 g/mol. The van der Waals surface area contributed by atoms with Crippen LogP contribution < -0.4 is 5.73 Å². The smallest absolute Gasteiger partial charge is 0.410 e. The molecule has 2 aromatic carbocycles. The first-order valence-corrected chi connectivity index (χ1v) is 8.50. The van der Waals surface area contributed by atoms with Crippen LogP contribution in [0.15, 0.2) is 72.9 Å². The number of pyridine rings is 1. The van der Waals surface area contributed by atoms with Crippen molar-refractivity contribution in [3.63, 3.8) is 0 Å². The number of amides is 1.